The first-order valence-corrected chi connectivity index (χ1v) is 10.1. The highest BCUT2D eigenvalue weighted by atomic mass is 16.5. The van der Waals surface area contributed by atoms with Gasteiger partial charge in [-0.05, 0) is 48.7 Å². The van der Waals surface area contributed by atoms with Crippen LogP contribution in [0.15, 0.2) is 48.5 Å². The van der Waals surface area contributed by atoms with Crippen LogP contribution in [0.2, 0.25) is 0 Å². The largest absolute Gasteiger partial charge is 0.496 e. The molecule has 1 amide bonds. The van der Waals surface area contributed by atoms with Gasteiger partial charge in [-0.15, -0.1) is 0 Å². The normalized spacial score (nSPS) is 16.9. The molecule has 2 heterocycles. The average Bonchev–Trinajstić information content (AvgIpc) is 3.13. The summed E-state index contributed by atoms with van der Waals surface area (Å²) in [4.78, 5) is 18.4. The number of carbonyl (C=O) groups excluding carboxylic acids is 1. The summed E-state index contributed by atoms with van der Waals surface area (Å²) in [7, 11) is 1.72. The van der Waals surface area contributed by atoms with E-state index in [0.717, 1.165) is 59.5 Å². The third kappa shape index (κ3) is 4.25. The Morgan fingerprint density at radius 1 is 1.21 bits per heavy atom. The topological polar surface area (TPSA) is 54.5 Å². The monoisotopic (exact) mass is 389 g/mol. The molecule has 5 heteroatoms. The van der Waals surface area contributed by atoms with Gasteiger partial charge in [-0.25, -0.2) is 0 Å². The van der Waals surface area contributed by atoms with E-state index in [4.69, 9.17) is 4.74 Å². The molecule has 5 nitrogen and oxygen atoms in total. The summed E-state index contributed by atoms with van der Waals surface area (Å²) in [5.74, 6) is 0.908. The number of hydrogen-bond donors (Lipinski definition) is 1. The summed E-state index contributed by atoms with van der Waals surface area (Å²) >= 11 is 0. The Bertz CT molecular complexity index is 1050. The number of aromatic nitrogens is 1. The zero-order valence-electron chi connectivity index (χ0n) is 17.2. The minimum Gasteiger partial charge on any atom is -0.496 e. The number of pyridine rings is 1. The predicted octanol–water partition coefficient (Wildman–Crippen LogP) is 3.93. The second-order valence-corrected chi connectivity index (χ2v) is 7.78. The summed E-state index contributed by atoms with van der Waals surface area (Å²) < 4.78 is 5.69. The number of amides is 1. The van der Waals surface area contributed by atoms with Crippen LogP contribution in [-0.2, 0) is 11.3 Å². The van der Waals surface area contributed by atoms with Crippen molar-refractivity contribution in [3.63, 3.8) is 0 Å². The van der Waals surface area contributed by atoms with Crippen LogP contribution in [0.1, 0.15) is 24.6 Å². The van der Waals surface area contributed by atoms with Gasteiger partial charge in [-0.1, -0.05) is 24.3 Å². The molecule has 1 N–H and O–H groups in total. The number of aryl methyl sites for hydroxylation is 1. The molecule has 150 valence electrons. The quantitative estimate of drug-likeness (QED) is 0.718. The molecule has 29 heavy (non-hydrogen) atoms. The maximum atomic E-state index is 11.3. The summed E-state index contributed by atoms with van der Waals surface area (Å²) in [6, 6.07) is 17.0. The number of benzene rings is 2. The van der Waals surface area contributed by atoms with Crippen LogP contribution in [0, 0.1) is 6.92 Å². The van der Waals surface area contributed by atoms with E-state index < -0.39 is 0 Å². The van der Waals surface area contributed by atoms with E-state index >= 15 is 0 Å². The molecule has 1 aromatic heterocycles. The SMILES string of the molecule is COc1ccc(CN2CCC(NC(C)=O)C2)cc1-c1cc(C)nc2ccccc12. The van der Waals surface area contributed by atoms with Crippen molar-refractivity contribution in [3.8, 4) is 16.9 Å². The lowest BCUT2D eigenvalue weighted by atomic mass is 9.97. The zero-order chi connectivity index (χ0) is 20.4. The molecule has 0 aliphatic carbocycles. The van der Waals surface area contributed by atoms with E-state index in [9.17, 15) is 4.79 Å². The molecule has 0 saturated carbocycles. The highest BCUT2D eigenvalue weighted by Crippen LogP contribution is 2.36. The smallest absolute Gasteiger partial charge is 0.217 e. The van der Waals surface area contributed by atoms with Crippen LogP contribution in [0.25, 0.3) is 22.0 Å². The number of methoxy groups -OCH3 is 1. The van der Waals surface area contributed by atoms with E-state index in [-0.39, 0.29) is 11.9 Å². The number of nitrogens with one attached hydrogen (secondary N) is 1. The first-order valence-electron chi connectivity index (χ1n) is 10.1. The third-order valence-corrected chi connectivity index (χ3v) is 5.48. The Morgan fingerprint density at radius 2 is 2.03 bits per heavy atom. The fraction of sp³-hybridized carbons (Fsp3) is 0.333. The van der Waals surface area contributed by atoms with Gasteiger partial charge in [-0.3, -0.25) is 14.7 Å². The van der Waals surface area contributed by atoms with Crippen LogP contribution < -0.4 is 10.1 Å². The zero-order valence-corrected chi connectivity index (χ0v) is 17.2. The molecule has 1 atom stereocenters. The lowest BCUT2D eigenvalue weighted by molar-refractivity contribution is -0.119. The van der Waals surface area contributed by atoms with E-state index in [1.807, 2.05) is 19.1 Å². The maximum Gasteiger partial charge on any atom is 0.217 e. The lowest BCUT2D eigenvalue weighted by Gasteiger charge is -2.18. The van der Waals surface area contributed by atoms with E-state index in [0.29, 0.717) is 0 Å². The molecule has 2 aromatic carbocycles. The second kappa shape index (κ2) is 8.21. The van der Waals surface area contributed by atoms with Crippen molar-refractivity contribution in [3.05, 3.63) is 59.8 Å². The summed E-state index contributed by atoms with van der Waals surface area (Å²) in [6.07, 6.45) is 0.997. The van der Waals surface area contributed by atoms with Crippen LogP contribution in [-0.4, -0.2) is 42.0 Å². The fourth-order valence-electron chi connectivity index (χ4n) is 4.23. The van der Waals surface area contributed by atoms with Crippen molar-refractivity contribution in [2.45, 2.75) is 32.9 Å². The number of nitrogens with zero attached hydrogens (tertiary/aromatic N) is 2. The molecule has 4 rings (SSSR count). The van der Waals surface area contributed by atoms with Crippen LogP contribution >= 0.6 is 0 Å². The van der Waals surface area contributed by atoms with E-state index in [1.54, 1.807) is 14.0 Å². The minimum absolute atomic E-state index is 0.0449. The minimum atomic E-state index is 0.0449. The predicted molar refractivity (Wildman–Crippen MR) is 116 cm³/mol. The Labute approximate surface area is 171 Å². The number of fused-ring (bicyclic) bond motifs is 1. The maximum absolute atomic E-state index is 11.3. The van der Waals surface area contributed by atoms with Gasteiger partial charge in [0, 0.05) is 49.2 Å². The van der Waals surface area contributed by atoms with Gasteiger partial charge < -0.3 is 10.1 Å². The molecule has 1 unspecified atom stereocenters. The molecule has 0 bridgehead atoms. The van der Waals surface area contributed by atoms with Crippen LogP contribution in [0.5, 0.6) is 5.75 Å². The highest BCUT2D eigenvalue weighted by molar-refractivity contribution is 5.96. The second-order valence-electron chi connectivity index (χ2n) is 7.78. The van der Waals surface area contributed by atoms with Gasteiger partial charge in [0.25, 0.3) is 0 Å². The van der Waals surface area contributed by atoms with Crippen LogP contribution in [0.3, 0.4) is 0 Å². The number of rotatable bonds is 5. The van der Waals surface area contributed by atoms with E-state index in [2.05, 4.69) is 51.6 Å². The first-order chi connectivity index (χ1) is 14.0. The Balaban J connectivity index is 1.66. The van der Waals surface area contributed by atoms with Crippen molar-refractivity contribution in [2.75, 3.05) is 20.2 Å². The average molecular weight is 389 g/mol. The molecule has 0 spiro atoms. The van der Waals surface area contributed by atoms with E-state index in [1.165, 1.54) is 5.56 Å². The number of carbonyl (C=O) groups is 1. The van der Waals surface area contributed by atoms with Crippen molar-refractivity contribution in [1.29, 1.82) is 0 Å². The number of likely N-dealkylation sites (tertiary alicyclic amines) is 1. The van der Waals surface area contributed by atoms with Gasteiger partial charge in [0.2, 0.25) is 5.91 Å². The first kappa shape index (κ1) is 19.4. The molecule has 1 saturated heterocycles. The molecular weight excluding hydrogens is 362 g/mol. The van der Waals surface area contributed by atoms with Gasteiger partial charge in [0.05, 0.1) is 12.6 Å². The number of ether oxygens (including phenoxy) is 1. The molecular formula is C24H27N3O2. The molecule has 1 aliphatic rings. The third-order valence-electron chi connectivity index (χ3n) is 5.48. The Kier molecular flexibility index (Phi) is 5.49. The highest BCUT2D eigenvalue weighted by Gasteiger charge is 2.23. The lowest BCUT2D eigenvalue weighted by Crippen LogP contribution is -2.35. The molecule has 1 fully saturated rings. The summed E-state index contributed by atoms with van der Waals surface area (Å²) in [5, 5.41) is 4.16. The van der Waals surface area contributed by atoms with Crippen molar-refractivity contribution >= 4 is 16.8 Å². The van der Waals surface area contributed by atoms with Gasteiger partial charge in [0.1, 0.15) is 5.75 Å². The van der Waals surface area contributed by atoms with Crippen molar-refractivity contribution < 1.29 is 9.53 Å². The van der Waals surface area contributed by atoms with Gasteiger partial charge in [-0.2, -0.15) is 0 Å². The molecule has 3 aromatic rings. The molecule has 0 radical (unpaired) electrons. The summed E-state index contributed by atoms with van der Waals surface area (Å²) in [6.45, 7) is 6.34. The fourth-order valence-corrected chi connectivity index (χ4v) is 4.23. The molecule has 1 aliphatic heterocycles. The van der Waals surface area contributed by atoms with Crippen molar-refractivity contribution in [1.82, 2.24) is 15.2 Å². The number of hydrogen-bond acceptors (Lipinski definition) is 4. The van der Waals surface area contributed by atoms with Crippen LogP contribution in [0.4, 0.5) is 0 Å². The van der Waals surface area contributed by atoms with Gasteiger partial charge in [0.15, 0.2) is 0 Å². The Morgan fingerprint density at radius 3 is 2.83 bits per heavy atom. The number of para-hydroxylation sites is 1. The van der Waals surface area contributed by atoms with Gasteiger partial charge >= 0.3 is 0 Å². The van der Waals surface area contributed by atoms with Crippen molar-refractivity contribution in [2.24, 2.45) is 0 Å². The standard InChI is InChI=1S/C24H27N3O2/c1-16-12-21(20-6-4-5-7-23(20)25-16)22-13-18(8-9-24(22)29-3)14-27-11-10-19(15-27)26-17(2)28/h4-9,12-13,19H,10-11,14-15H2,1-3H3,(H,26,28). The summed E-state index contributed by atoms with van der Waals surface area (Å²) in [5.41, 5.74) is 5.45. The Hall–Kier alpha value is -2.92.